The SMILES string of the molecule is CN(C)c1ccnc2sc(C=O)cc12.CN=CN(C)/C=C/C=C\C=C(/C)Cl. The molecule has 27 heavy (non-hydrogen) atoms. The Hall–Kier alpha value is -2.44. The van der Waals surface area contributed by atoms with E-state index >= 15 is 0 Å². The molecule has 2 heterocycles. The van der Waals surface area contributed by atoms with Crippen LogP contribution in [0.15, 0.2) is 58.9 Å². The third-order valence-electron chi connectivity index (χ3n) is 3.20. The first-order chi connectivity index (χ1) is 12.9. The molecule has 0 unspecified atom stereocenters. The second-order valence-corrected chi connectivity index (χ2v) is 7.39. The number of pyridine rings is 1. The van der Waals surface area contributed by atoms with Gasteiger partial charge in [-0.1, -0.05) is 23.8 Å². The summed E-state index contributed by atoms with van der Waals surface area (Å²) in [6.45, 7) is 1.84. The second kappa shape index (κ2) is 12.0. The van der Waals surface area contributed by atoms with E-state index in [2.05, 4.69) is 9.98 Å². The monoisotopic (exact) mass is 404 g/mol. The minimum Gasteiger partial charge on any atom is -0.377 e. The number of hydrogen-bond donors (Lipinski definition) is 0. The molecule has 0 aromatic carbocycles. The van der Waals surface area contributed by atoms with Gasteiger partial charge < -0.3 is 9.80 Å². The number of halogens is 1. The van der Waals surface area contributed by atoms with Crippen molar-refractivity contribution in [3.8, 4) is 0 Å². The van der Waals surface area contributed by atoms with Crippen molar-refractivity contribution in [3.63, 3.8) is 0 Å². The van der Waals surface area contributed by atoms with Gasteiger partial charge in [0.05, 0.1) is 11.2 Å². The number of aliphatic imine (C=N–C) groups is 1. The summed E-state index contributed by atoms with van der Waals surface area (Å²) in [5.41, 5.74) is 1.10. The molecule has 2 aromatic heterocycles. The third-order valence-corrected chi connectivity index (χ3v) is 4.29. The lowest BCUT2D eigenvalue weighted by atomic mass is 10.2. The van der Waals surface area contributed by atoms with Gasteiger partial charge in [-0.2, -0.15) is 0 Å². The fourth-order valence-electron chi connectivity index (χ4n) is 2.05. The molecule has 0 saturated heterocycles. The average Bonchev–Trinajstić information content (AvgIpc) is 3.05. The lowest BCUT2D eigenvalue weighted by Gasteiger charge is -2.12. The van der Waals surface area contributed by atoms with Crippen molar-refractivity contribution in [2.45, 2.75) is 6.92 Å². The smallest absolute Gasteiger partial charge is 0.160 e. The Balaban J connectivity index is 0.000000271. The van der Waals surface area contributed by atoms with E-state index in [-0.39, 0.29) is 0 Å². The number of rotatable bonds is 6. The van der Waals surface area contributed by atoms with Crippen LogP contribution < -0.4 is 4.90 Å². The van der Waals surface area contributed by atoms with Crippen molar-refractivity contribution in [2.75, 3.05) is 33.1 Å². The van der Waals surface area contributed by atoms with Gasteiger partial charge in [0.1, 0.15) is 4.83 Å². The molecule has 0 N–H and O–H groups in total. The molecule has 0 aliphatic rings. The largest absolute Gasteiger partial charge is 0.377 e. The molecule has 7 heteroatoms. The number of anilines is 1. The quantitative estimate of drug-likeness (QED) is 0.295. The first kappa shape index (κ1) is 22.6. The number of allylic oxidation sites excluding steroid dienone is 5. The molecule has 0 amide bonds. The minimum absolute atomic E-state index is 0.724. The Morgan fingerprint density at radius 1 is 1.26 bits per heavy atom. The summed E-state index contributed by atoms with van der Waals surface area (Å²) < 4.78 is 0. The number of aromatic nitrogens is 1. The van der Waals surface area contributed by atoms with Crippen molar-refractivity contribution in [1.29, 1.82) is 0 Å². The van der Waals surface area contributed by atoms with Crippen LogP contribution in [-0.2, 0) is 0 Å². The zero-order valence-electron chi connectivity index (χ0n) is 16.3. The Morgan fingerprint density at radius 2 is 2.00 bits per heavy atom. The summed E-state index contributed by atoms with van der Waals surface area (Å²) >= 11 is 7.05. The van der Waals surface area contributed by atoms with Crippen molar-refractivity contribution in [1.82, 2.24) is 9.88 Å². The lowest BCUT2D eigenvalue weighted by Crippen LogP contribution is -2.08. The highest BCUT2D eigenvalue weighted by Gasteiger charge is 2.07. The van der Waals surface area contributed by atoms with Gasteiger partial charge in [-0.15, -0.1) is 11.3 Å². The summed E-state index contributed by atoms with van der Waals surface area (Å²) in [6.07, 6.45) is 13.8. The lowest BCUT2D eigenvalue weighted by molar-refractivity contribution is 0.112. The number of thiophene rings is 1. The number of fused-ring (bicyclic) bond motifs is 1. The molecule has 0 spiro atoms. The van der Waals surface area contributed by atoms with Crippen molar-refractivity contribution < 1.29 is 4.79 Å². The van der Waals surface area contributed by atoms with E-state index in [1.165, 1.54) is 11.3 Å². The summed E-state index contributed by atoms with van der Waals surface area (Å²) in [4.78, 5) is 24.2. The summed E-state index contributed by atoms with van der Waals surface area (Å²) in [7, 11) is 7.61. The Labute approximate surface area is 170 Å². The van der Waals surface area contributed by atoms with Crippen LogP contribution in [-0.4, -0.2) is 50.7 Å². The number of carbonyl (C=O) groups excluding carboxylic acids is 1. The molecular weight excluding hydrogens is 380 g/mol. The van der Waals surface area contributed by atoms with Gasteiger partial charge in [0.15, 0.2) is 6.29 Å². The fraction of sp³-hybridized carbons (Fsp3) is 0.250. The van der Waals surface area contributed by atoms with Crippen molar-refractivity contribution in [2.24, 2.45) is 4.99 Å². The predicted molar refractivity (Wildman–Crippen MR) is 119 cm³/mol. The van der Waals surface area contributed by atoms with Crippen LogP contribution >= 0.6 is 22.9 Å². The molecular formula is C20H25ClN4OS. The average molecular weight is 405 g/mol. The van der Waals surface area contributed by atoms with Gasteiger partial charge in [-0.25, -0.2) is 4.98 Å². The van der Waals surface area contributed by atoms with Crippen LogP contribution in [0, 0.1) is 0 Å². The van der Waals surface area contributed by atoms with Gasteiger partial charge in [0.2, 0.25) is 0 Å². The van der Waals surface area contributed by atoms with E-state index in [1.54, 1.807) is 19.6 Å². The molecule has 0 aliphatic heterocycles. The maximum absolute atomic E-state index is 10.6. The topological polar surface area (TPSA) is 48.8 Å². The van der Waals surface area contributed by atoms with Crippen LogP contribution in [0.4, 0.5) is 5.69 Å². The van der Waals surface area contributed by atoms with E-state index in [0.717, 1.165) is 32.1 Å². The van der Waals surface area contributed by atoms with Crippen LogP contribution in [0.2, 0.25) is 0 Å². The third kappa shape index (κ3) is 8.19. The highest BCUT2D eigenvalue weighted by atomic mass is 35.5. The Morgan fingerprint density at radius 3 is 2.59 bits per heavy atom. The van der Waals surface area contributed by atoms with Gasteiger partial charge >= 0.3 is 0 Å². The fourth-order valence-corrected chi connectivity index (χ4v) is 2.96. The van der Waals surface area contributed by atoms with E-state index in [0.29, 0.717) is 0 Å². The van der Waals surface area contributed by atoms with Gasteiger partial charge in [0.25, 0.3) is 0 Å². The maximum atomic E-state index is 10.6. The molecule has 5 nitrogen and oxygen atoms in total. The maximum Gasteiger partial charge on any atom is 0.160 e. The number of aldehydes is 1. The van der Waals surface area contributed by atoms with E-state index in [1.807, 2.05) is 80.5 Å². The summed E-state index contributed by atoms with van der Waals surface area (Å²) in [5.74, 6) is 0. The van der Waals surface area contributed by atoms with E-state index < -0.39 is 0 Å². The second-order valence-electron chi connectivity index (χ2n) is 5.73. The Kier molecular flexibility index (Phi) is 10.1. The van der Waals surface area contributed by atoms with E-state index in [4.69, 9.17) is 11.6 Å². The molecule has 0 aliphatic carbocycles. The molecule has 2 aromatic rings. The molecule has 0 atom stereocenters. The molecule has 0 fully saturated rings. The van der Waals surface area contributed by atoms with Crippen LogP contribution in [0.3, 0.4) is 0 Å². The molecule has 2 rings (SSSR count). The Bertz CT molecular complexity index is 849. The highest BCUT2D eigenvalue weighted by molar-refractivity contribution is 7.20. The number of hydrogen-bond acceptors (Lipinski definition) is 5. The van der Waals surface area contributed by atoms with Crippen molar-refractivity contribution >= 4 is 51.5 Å². The molecule has 0 radical (unpaired) electrons. The van der Waals surface area contributed by atoms with E-state index in [9.17, 15) is 4.79 Å². The molecule has 144 valence electrons. The number of nitrogens with zero attached hydrogens (tertiary/aromatic N) is 4. The van der Waals surface area contributed by atoms with Gasteiger partial charge in [-0.3, -0.25) is 9.79 Å². The predicted octanol–water partition coefficient (Wildman–Crippen LogP) is 4.96. The van der Waals surface area contributed by atoms with Gasteiger partial charge in [-0.05, 0) is 31.2 Å². The zero-order chi connectivity index (χ0) is 20.2. The summed E-state index contributed by atoms with van der Waals surface area (Å²) in [5, 5.41) is 1.82. The normalized spacial score (nSPS) is 12.0. The first-order valence-corrected chi connectivity index (χ1v) is 9.41. The van der Waals surface area contributed by atoms with Gasteiger partial charge in [0, 0.05) is 56.7 Å². The molecule has 0 bridgehead atoms. The van der Waals surface area contributed by atoms with Crippen LogP contribution in [0.5, 0.6) is 0 Å². The first-order valence-electron chi connectivity index (χ1n) is 8.21. The van der Waals surface area contributed by atoms with Crippen LogP contribution in [0.1, 0.15) is 16.6 Å². The van der Waals surface area contributed by atoms with Crippen molar-refractivity contribution in [3.05, 3.63) is 58.7 Å². The highest BCUT2D eigenvalue weighted by Crippen LogP contribution is 2.29. The zero-order valence-corrected chi connectivity index (χ0v) is 17.8. The van der Waals surface area contributed by atoms with Crippen LogP contribution in [0.25, 0.3) is 10.2 Å². The number of carbonyl (C=O) groups is 1. The standard InChI is InChI=1S/C10H15ClN2.C10H10N2OS/c1-10(11)7-5-4-6-8-13(3)9-12-2;1-12(2)9-3-4-11-10-8(9)5-7(6-13)14-10/h4-9H,1-3H3;3-6H,1-2H3/b5-4-,8-6+,10-7+,12-9?;. The summed E-state index contributed by atoms with van der Waals surface area (Å²) in [6, 6.07) is 3.83. The minimum atomic E-state index is 0.724. The molecule has 0 saturated carbocycles.